The van der Waals surface area contributed by atoms with Crippen LogP contribution in [0.25, 0.3) is 0 Å². The summed E-state index contributed by atoms with van der Waals surface area (Å²) in [5, 5.41) is 1.92. The van der Waals surface area contributed by atoms with Crippen molar-refractivity contribution < 1.29 is 0 Å². The van der Waals surface area contributed by atoms with Gasteiger partial charge in [0.25, 0.3) is 0 Å². The van der Waals surface area contributed by atoms with Gasteiger partial charge >= 0.3 is 0 Å². The first-order valence-corrected chi connectivity index (χ1v) is 4.09. The molecule has 0 radical (unpaired) electrons. The largest absolute Gasteiger partial charge is 0.269 e. The number of nitrogens with zero attached hydrogens (tertiary/aromatic N) is 1. The topological polar surface area (TPSA) is 29.3 Å². The Bertz CT molecular complexity index is 81.3. The van der Waals surface area contributed by atoms with Gasteiger partial charge in [-0.05, 0) is 19.3 Å². The second-order valence-electron chi connectivity index (χ2n) is 3.35. The maximum absolute atomic E-state index is 5.76. The Labute approximate surface area is 64.4 Å². The van der Waals surface area contributed by atoms with Crippen LogP contribution in [-0.4, -0.2) is 17.6 Å². The van der Waals surface area contributed by atoms with Crippen LogP contribution < -0.4 is 5.84 Å². The van der Waals surface area contributed by atoms with Crippen LogP contribution >= 0.6 is 0 Å². The van der Waals surface area contributed by atoms with Crippen LogP contribution in [0.15, 0.2) is 0 Å². The normalized spacial score (nSPS) is 14.7. The molecule has 0 aliphatic heterocycles. The lowest BCUT2D eigenvalue weighted by Gasteiger charge is -2.24. The third kappa shape index (κ3) is 3.85. The van der Waals surface area contributed by atoms with E-state index in [0.717, 1.165) is 13.0 Å². The zero-order valence-corrected chi connectivity index (χ0v) is 7.59. The molecule has 0 aliphatic carbocycles. The van der Waals surface area contributed by atoms with E-state index in [1.165, 1.54) is 0 Å². The second-order valence-corrected chi connectivity index (χ2v) is 3.35. The summed E-state index contributed by atoms with van der Waals surface area (Å²) >= 11 is 0. The zero-order valence-electron chi connectivity index (χ0n) is 7.59. The molecule has 0 aliphatic rings. The van der Waals surface area contributed by atoms with Gasteiger partial charge in [-0.15, -0.1) is 0 Å². The fourth-order valence-corrected chi connectivity index (χ4v) is 0.836. The molecule has 0 aromatic carbocycles. The molecule has 0 bridgehead atoms. The lowest BCUT2D eigenvalue weighted by molar-refractivity contribution is 0.186. The molecule has 2 nitrogen and oxygen atoms in total. The van der Waals surface area contributed by atoms with Gasteiger partial charge in [-0.3, -0.25) is 5.84 Å². The second kappa shape index (κ2) is 4.69. The highest BCUT2D eigenvalue weighted by Crippen LogP contribution is 2.01. The Morgan fingerprint density at radius 2 is 1.80 bits per heavy atom. The molecule has 10 heavy (non-hydrogen) atoms. The van der Waals surface area contributed by atoms with Crippen LogP contribution in [0.2, 0.25) is 0 Å². The number of rotatable bonds is 4. The predicted octanol–water partition coefficient (Wildman–Crippen LogP) is 1.62. The molecule has 0 fully saturated rings. The smallest absolute Gasteiger partial charge is 0.0210 e. The number of hydrazine groups is 1. The van der Waals surface area contributed by atoms with E-state index < -0.39 is 0 Å². The van der Waals surface area contributed by atoms with E-state index >= 15 is 0 Å². The maximum atomic E-state index is 5.76. The van der Waals surface area contributed by atoms with E-state index in [9.17, 15) is 0 Å². The highest BCUT2D eigenvalue weighted by molar-refractivity contribution is 4.59. The SMILES string of the molecule is CCC(C)N(N)CC(C)C. The monoisotopic (exact) mass is 144 g/mol. The molecule has 0 aromatic rings. The lowest BCUT2D eigenvalue weighted by Crippen LogP contribution is -2.41. The first-order chi connectivity index (χ1) is 4.57. The van der Waals surface area contributed by atoms with Gasteiger partial charge in [0.15, 0.2) is 0 Å². The van der Waals surface area contributed by atoms with Gasteiger partial charge in [0.2, 0.25) is 0 Å². The van der Waals surface area contributed by atoms with Gasteiger partial charge in [-0.25, -0.2) is 5.01 Å². The van der Waals surface area contributed by atoms with Crippen molar-refractivity contribution in [2.75, 3.05) is 6.54 Å². The Morgan fingerprint density at radius 3 is 2.10 bits per heavy atom. The summed E-state index contributed by atoms with van der Waals surface area (Å²) in [5.41, 5.74) is 0. The molecule has 0 rings (SSSR count). The number of nitrogens with two attached hydrogens (primary N) is 1. The molecule has 0 amide bonds. The first kappa shape index (κ1) is 9.92. The maximum Gasteiger partial charge on any atom is 0.0210 e. The Hall–Kier alpha value is -0.0800. The molecule has 2 heteroatoms. The number of hydrogen-bond donors (Lipinski definition) is 1. The van der Waals surface area contributed by atoms with E-state index in [1.807, 2.05) is 5.01 Å². The summed E-state index contributed by atoms with van der Waals surface area (Å²) in [6.45, 7) is 9.67. The molecule has 1 atom stereocenters. The lowest BCUT2D eigenvalue weighted by atomic mass is 10.2. The van der Waals surface area contributed by atoms with Crippen molar-refractivity contribution in [3.63, 3.8) is 0 Å². The minimum atomic E-state index is 0.516. The summed E-state index contributed by atoms with van der Waals surface area (Å²) < 4.78 is 0. The van der Waals surface area contributed by atoms with Crippen molar-refractivity contribution in [3.05, 3.63) is 0 Å². The summed E-state index contributed by atoms with van der Waals surface area (Å²) in [6.07, 6.45) is 1.13. The van der Waals surface area contributed by atoms with Gasteiger partial charge < -0.3 is 0 Å². The van der Waals surface area contributed by atoms with Gasteiger partial charge in [-0.2, -0.15) is 0 Å². The summed E-state index contributed by atoms with van der Waals surface area (Å²) in [4.78, 5) is 0. The summed E-state index contributed by atoms with van der Waals surface area (Å²) in [6, 6.07) is 0.516. The standard InChI is InChI=1S/C8H20N2/c1-5-8(4)10(9)6-7(2)3/h7-8H,5-6,9H2,1-4H3. The minimum absolute atomic E-state index is 0.516. The Morgan fingerprint density at radius 1 is 1.30 bits per heavy atom. The Kier molecular flexibility index (Phi) is 4.65. The molecule has 0 spiro atoms. The minimum Gasteiger partial charge on any atom is -0.269 e. The summed E-state index contributed by atoms with van der Waals surface area (Å²) in [5.74, 6) is 6.43. The van der Waals surface area contributed by atoms with Crippen molar-refractivity contribution in [2.24, 2.45) is 11.8 Å². The fraction of sp³-hybridized carbons (Fsp3) is 1.00. The van der Waals surface area contributed by atoms with E-state index in [4.69, 9.17) is 5.84 Å². The predicted molar refractivity (Wildman–Crippen MR) is 45.5 cm³/mol. The molecular formula is C8H20N2. The average Bonchev–Trinajstić information content (AvgIpc) is 1.85. The van der Waals surface area contributed by atoms with Gasteiger partial charge in [0.1, 0.15) is 0 Å². The van der Waals surface area contributed by atoms with Crippen molar-refractivity contribution in [1.29, 1.82) is 0 Å². The van der Waals surface area contributed by atoms with Gasteiger partial charge in [0, 0.05) is 12.6 Å². The van der Waals surface area contributed by atoms with Crippen LogP contribution in [0.5, 0.6) is 0 Å². The van der Waals surface area contributed by atoms with E-state index in [0.29, 0.717) is 12.0 Å². The number of hydrogen-bond acceptors (Lipinski definition) is 2. The molecule has 2 N–H and O–H groups in total. The van der Waals surface area contributed by atoms with Crippen LogP contribution in [-0.2, 0) is 0 Å². The Balaban J connectivity index is 3.50. The van der Waals surface area contributed by atoms with Crippen molar-refractivity contribution in [3.8, 4) is 0 Å². The third-order valence-corrected chi connectivity index (χ3v) is 1.73. The van der Waals surface area contributed by atoms with Crippen molar-refractivity contribution in [2.45, 2.75) is 40.2 Å². The van der Waals surface area contributed by atoms with E-state index in [-0.39, 0.29) is 0 Å². The highest BCUT2D eigenvalue weighted by atomic mass is 15.4. The van der Waals surface area contributed by atoms with Gasteiger partial charge in [0.05, 0.1) is 0 Å². The van der Waals surface area contributed by atoms with Crippen LogP contribution in [0.4, 0.5) is 0 Å². The quantitative estimate of drug-likeness (QED) is 0.480. The third-order valence-electron chi connectivity index (χ3n) is 1.73. The fourth-order valence-electron chi connectivity index (χ4n) is 0.836. The van der Waals surface area contributed by atoms with Crippen LogP contribution in [0.1, 0.15) is 34.1 Å². The average molecular weight is 144 g/mol. The van der Waals surface area contributed by atoms with Gasteiger partial charge in [-0.1, -0.05) is 20.8 Å². The van der Waals surface area contributed by atoms with Crippen LogP contribution in [0, 0.1) is 5.92 Å². The first-order valence-electron chi connectivity index (χ1n) is 4.09. The molecule has 0 heterocycles. The molecule has 62 valence electrons. The molecular weight excluding hydrogens is 124 g/mol. The van der Waals surface area contributed by atoms with Crippen molar-refractivity contribution >= 4 is 0 Å². The van der Waals surface area contributed by atoms with E-state index in [2.05, 4.69) is 27.7 Å². The molecule has 1 unspecified atom stereocenters. The van der Waals surface area contributed by atoms with Crippen molar-refractivity contribution in [1.82, 2.24) is 5.01 Å². The van der Waals surface area contributed by atoms with Crippen LogP contribution in [0.3, 0.4) is 0 Å². The molecule has 0 aromatic heterocycles. The molecule has 0 saturated carbocycles. The highest BCUT2D eigenvalue weighted by Gasteiger charge is 2.07. The van der Waals surface area contributed by atoms with E-state index in [1.54, 1.807) is 0 Å². The zero-order chi connectivity index (χ0) is 8.15. The molecule has 0 saturated heterocycles. The summed E-state index contributed by atoms with van der Waals surface area (Å²) in [7, 11) is 0.